The molecule has 1 aliphatic rings. The number of carboxylic acids is 3. The molecule has 2 unspecified atom stereocenters. The predicted octanol–water partition coefficient (Wildman–Crippen LogP) is -9.54. The van der Waals surface area contributed by atoms with E-state index in [1.165, 1.54) is 0 Å². The topological polar surface area (TPSA) is 158 Å². The number of carboxylic acid groups (broad SMARTS) is 3. The maximum Gasteiger partial charge on any atom is 0.127 e. The number of aliphatic carboxylic acids is 3. The maximum absolute atomic E-state index is 11.2. The Bertz CT molecular complexity index is 794. The van der Waals surface area contributed by atoms with E-state index in [2.05, 4.69) is 15.9 Å². The van der Waals surface area contributed by atoms with E-state index in [1.807, 2.05) is 6.07 Å². The van der Waals surface area contributed by atoms with Crippen molar-refractivity contribution in [2.24, 2.45) is 0 Å². The fourth-order valence-corrected chi connectivity index (χ4v) is 4.61. The predicted molar refractivity (Wildman–Crippen MR) is 112 cm³/mol. The lowest BCUT2D eigenvalue weighted by molar-refractivity contribution is -1.01. The summed E-state index contributed by atoms with van der Waals surface area (Å²) >= 11 is 3.41. The zero-order valence-electron chi connectivity index (χ0n) is 18.5. The summed E-state index contributed by atoms with van der Waals surface area (Å²) in [4.78, 5) is 37.0. The lowest BCUT2D eigenvalue weighted by atomic mass is 10.2. The number of hydrogen-bond acceptors (Lipinski definition) is 7. The first-order chi connectivity index (χ1) is 15.6. The second-order valence-electron chi connectivity index (χ2n) is 8.60. The second kappa shape index (κ2) is 13.5. The first kappa shape index (κ1) is 27.0. The molecule has 1 aromatic carbocycles. The number of halogens is 1. The molecule has 0 radical (unpaired) electrons. The summed E-state index contributed by atoms with van der Waals surface area (Å²) in [6.45, 7) is 3.77. The molecule has 0 bridgehead atoms. The van der Waals surface area contributed by atoms with Crippen molar-refractivity contribution in [3.8, 4) is 5.75 Å². The Kier molecular flexibility index (Phi) is 11.0. The largest absolute Gasteiger partial charge is 0.544 e. The summed E-state index contributed by atoms with van der Waals surface area (Å²) in [5, 5.41) is 43.9. The zero-order valence-corrected chi connectivity index (χ0v) is 20.1. The van der Waals surface area contributed by atoms with Crippen LogP contribution in [0.1, 0.15) is 5.56 Å². The van der Waals surface area contributed by atoms with Gasteiger partial charge in [0.15, 0.2) is 0 Å². The van der Waals surface area contributed by atoms with Crippen molar-refractivity contribution < 1.29 is 54.4 Å². The van der Waals surface area contributed by atoms with Gasteiger partial charge in [-0.1, -0.05) is 15.9 Å². The number of phenols is 1. The quantitative estimate of drug-likeness (QED) is 0.223. The van der Waals surface area contributed by atoms with Crippen molar-refractivity contribution in [2.75, 3.05) is 72.0 Å². The Morgan fingerprint density at radius 1 is 0.727 bits per heavy atom. The van der Waals surface area contributed by atoms with Gasteiger partial charge >= 0.3 is 0 Å². The van der Waals surface area contributed by atoms with Gasteiger partial charge in [-0.15, -0.1) is 0 Å². The first-order valence-corrected chi connectivity index (χ1v) is 11.8. The number of hydrogen-bond donors (Lipinski definition) is 5. The molecule has 5 N–H and O–H groups in total. The minimum Gasteiger partial charge on any atom is -0.544 e. The molecule has 0 saturated carbocycles. The van der Waals surface area contributed by atoms with Gasteiger partial charge < -0.3 is 54.4 Å². The van der Waals surface area contributed by atoms with E-state index in [-0.39, 0.29) is 25.4 Å². The lowest BCUT2D eigenvalue weighted by Crippen LogP contribution is -3.28. The number of benzene rings is 1. The average molecular weight is 532 g/mol. The van der Waals surface area contributed by atoms with E-state index in [4.69, 9.17) is 0 Å². The Labute approximate surface area is 200 Å². The highest BCUT2D eigenvalue weighted by Crippen LogP contribution is 2.20. The SMILES string of the molecule is O=C([O-])C[NH+]1CC[NH+](CC(=O)[O-])CC[NH+](Cc2cc(Br)ccc2O)CC[NH+](CC(=O)[O-])CC1. The molecule has 184 valence electrons. The molecule has 2 atom stereocenters. The van der Waals surface area contributed by atoms with E-state index in [9.17, 15) is 34.8 Å². The van der Waals surface area contributed by atoms with Gasteiger partial charge in [-0.25, -0.2) is 0 Å². The molecule has 0 aromatic heterocycles. The molecular weight excluding hydrogens is 500 g/mol. The van der Waals surface area contributed by atoms with Crippen molar-refractivity contribution in [3.05, 3.63) is 28.2 Å². The van der Waals surface area contributed by atoms with Crippen LogP contribution in [-0.4, -0.2) is 95.0 Å². The van der Waals surface area contributed by atoms with Gasteiger partial charge in [0.1, 0.15) is 84.3 Å². The lowest BCUT2D eigenvalue weighted by Gasteiger charge is -2.29. The van der Waals surface area contributed by atoms with Gasteiger partial charge in [0.25, 0.3) is 0 Å². The molecule has 12 heteroatoms. The summed E-state index contributed by atoms with van der Waals surface area (Å²) in [5.74, 6) is -3.38. The number of carbonyl (C=O) groups is 3. The number of rotatable bonds is 8. The Morgan fingerprint density at radius 2 is 1.09 bits per heavy atom. The summed E-state index contributed by atoms with van der Waals surface area (Å²) in [6, 6.07) is 5.17. The van der Waals surface area contributed by atoms with Crippen LogP contribution in [0.25, 0.3) is 0 Å². The monoisotopic (exact) mass is 531 g/mol. The molecule has 2 rings (SSSR count). The summed E-state index contributed by atoms with van der Waals surface area (Å²) in [7, 11) is 0. The van der Waals surface area contributed by atoms with Crippen LogP contribution in [0.2, 0.25) is 0 Å². The molecule has 1 saturated heterocycles. The van der Waals surface area contributed by atoms with Crippen molar-refractivity contribution >= 4 is 33.8 Å². The van der Waals surface area contributed by atoms with Gasteiger partial charge in [0, 0.05) is 10.0 Å². The average Bonchev–Trinajstić information content (AvgIpc) is 2.71. The Hall–Kier alpha value is -2.25. The Morgan fingerprint density at radius 3 is 1.45 bits per heavy atom. The number of carbonyl (C=O) groups excluding carboxylic acids is 3. The second-order valence-corrected chi connectivity index (χ2v) is 9.51. The normalized spacial score (nSPS) is 24.9. The molecule has 1 fully saturated rings. The van der Waals surface area contributed by atoms with E-state index in [0.29, 0.717) is 63.8 Å². The number of aromatic hydroxyl groups is 1. The minimum absolute atomic E-state index is 0.163. The van der Waals surface area contributed by atoms with Gasteiger partial charge in [-0.2, -0.15) is 0 Å². The number of phenolic OH excluding ortho intramolecular Hbond substituents is 1. The standard InChI is InChI=1S/C21H31BrN4O7/c22-17-1-2-18(27)16(11-17)12-23-3-5-24(13-19(28)29)7-9-26(15-21(32)33)10-8-25(6-4-23)14-20(30)31/h1-2,11,27H,3-10,12-15H2,(H,28,29)(H,30,31)(H,32,33)/p+1. The molecule has 0 aliphatic carbocycles. The molecule has 0 amide bonds. The highest BCUT2D eigenvalue weighted by molar-refractivity contribution is 9.10. The van der Waals surface area contributed by atoms with Gasteiger partial charge in [-0.3, -0.25) is 0 Å². The van der Waals surface area contributed by atoms with E-state index < -0.39 is 17.9 Å². The molecule has 0 spiro atoms. The first-order valence-electron chi connectivity index (χ1n) is 11.0. The van der Waals surface area contributed by atoms with Crippen LogP contribution in [0.15, 0.2) is 22.7 Å². The fraction of sp³-hybridized carbons (Fsp3) is 0.571. The van der Waals surface area contributed by atoms with E-state index >= 15 is 0 Å². The highest BCUT2D eigenvalue weighted by atomic mass is 79.9. The molecule has 1 aliphatic heterocycles. The summed E-state index contributed by atoms with van der Waals surface area (Å²) in [6.07, 6.45) is 0. The van der Waals surface area contributed by atoms with Gasteiger partial charge in [0.2, 0.25) is 0 Å². The number of quaternary nitrogens is 4. The molecule has 33 heavy (non-hydrogen) atoms. The van der Waals surface area contributed by atoms with Crippen LogP contribution < -0.4 is 34.9 Å². The summed E-state index contributed by atoms with van der Waals surface area (Å²) in [5.41, 5.74) is 0.735. The van der Waals surface area contributed by atoms with Crippen molar-refractivity contribution in [3.63, 3.8) is 0 Å². The van der Waals surface area contributed by atoms with Crippen LogP contribution in [0.3, 0.4) is 0 Å². The molecule has 1 aromatic rings. The van der Waals surface area contributed by atoms with Gasteiger partial charge in [0.05, 0.1) is 17.9 Å². The number of nitrogens with one attached hydrogen (secondary N) is 4. The molecule has 1 heterocycles. The van der Waals surface area contributed by atoms with Crippen LogP contribution in [-0.2, 0) is 20.9 Å². The fourth-order valence-electron chi connectivity index (χ4n) is 4.20. The van der Waals surface area contributed by atoms with Crippen molar-refractivity contribution in [1.29, 1.82) is 0 Å². The molecular formula is C21H32BrN4O7+. The highest BCUT2D eigenvalue weighted by Gasteiger charge is 2.24. The molecule has 11 nitrogen and oxygen atoms in total. The van der Waals surface area contributed by atoms with Crippen LogP contribution >= 0.6 is 15.9 Å². The third kappa shape index (κ3) is 10.5. The summed E-state index contributed by atoms with van der Waals surface area (Å²) < 4.78 is 0.827. The van der Waals surface area contributed by atoms with E-state index in [1.54, 1.807) is 12.1 Å². The smallest absolute Gasteiger partial charge is 0.127 e. The third-order valence-electron chi connectivity index (χ3n) is 5.99. The minimum atomic E-state index is -1.20. The van der Waals surface area contributed by atoms with Crippen molar-refractivity contribution in [1.82, 2.24) is 0 Å². The van der Waals surface area contributed by atoms with Crippen LogP contribution in [0.4, 0.5) is 0 Å². The Balaban J connectivity index is 2.20. The van der Waals surface area contributed by atoms with Crippen LogP contribution in [0, 0.1) is 0 Å². The maximum atomic E-state index is 11.2. The van der Waals surface area contributed by atoms with E-state index in [0.717, 1.165) is 24.7 Å². The van der Waals surface area contributed by atoms with Crippen molar-refractivity contribution in [2.45, 2.75) is 6.54 Å². The zero-order chi connectivity index (χ0) is 24.4. The third-order valence-corrected chi connectivity index (χ3v) is 6.49. The van der Waals surface area contributed by atoms with Gasteiger partial charge in [-0.05, 0) is 18.2 Å². The van der Waals surface area contributed by atoms with Crippen LogP contribution in [0.5, 0.6) is 5.75 Å².